The Morgan fingerprint density at radius 3 is 1.31 bits per heavy atom. The Kier molecular flexibility index (Phi) is 8.15. The molecule has 1 saturated heterocycles. The standard InChI is InChI=1S/C17H42O5Si4/c1-23(2,3)19-14-13-18-17(22-26(10,11)12)16(21-25(7,8)9)15(14)20-24(4,5)6/h14-17H,13H2,1-12H3/t14-,15+,16-,17-/m0/s1. The van der Waals surface area contributed by atoms with Gasteiger partial charge in [-0.15, -0.1) is 0 Å². The fraction of sp³-hybridized carbons (Fsp3) is 1.00. The van der Waals surface area contributed by atoms with Gasteiger partial charge in [-0.05, 0) is 78.6 Å². The summed E-state index contributed by atoms with van der Waals surface area (Å²) in [6.45, 7) is 26.9. The summed E-state index contributed by atoms with van der Waals surface area (Å²) in [6, 6.07) is 0. The predicted molar refractivity (Wildman–Crippen MR) is 119 cm³/mol. The summed E-state index contributed by atoms with van der Waals surface area (Å²) < 4.78 is 32.2. The molecule has 0 radical (unpaired) electrons. The molecule has 0 aromatic heterocycles. The molecule has 26 heavy (non-hydrogen) atoms. The lowest BCUT2D eigenvalue weighted by Gasteiger charge is -2.48. The molecule has 1 rings (SSSR count). The van der Waals surface area contributed by atoms with Crippen molar-refractivity contribution in [3.05, 3.63) is 0 Å². The topological polar surface area (TPSA) is 46.2 Å². The SMILES string of the molecule is C[Si](C)(C)O[C@@H]1OC[C@H](O[Si](C)(C)C)[C@@H](O[Si](C)(C)C)[C@@H]1O[Si](C)(C)C. The van der Waals surface area contributed by atoms with Crippen LogP contribution in [0.5, 0.6) is 0 Å². The van der Waals surface area contributed by atoms with Gasteiger partial charge >= 0.3 is 0 Å². The summed E-state index contributed by atoms with van der Waals surface area (Å²) in [5.74, 6) is 0. The second-order valence-corrected chi connectivity index (χ2v) is 28.9. The molecule has 0 aliphatic carbocycles. The zero-order valence-corrected chi connectivity index (χ0v) is 23.1. The molecule has 0 aromatic rings. The molecule has 1 aliphatic rings. The minimum absolute atomic E-state index is 0.101. The first-order valence-corrected chi connectivity index (χ1v) is 23.3. The minimum Gasteiger partial charge on any atom is -0.410 e. The van der Waals surface area contributed by atoms with E-state index in [1.807, 2.05) is 0 Å². The van der Waals surface area contributed by atoms with Crippen LogP contribution >= 0.6 is 0 Å². The Morgan fingerprint density at radius 2 is 0.923 bits per heavy atom. The van der Waals surface area contributed by atoms with E-state index in [-0.39, 0.29) is 24.6 Å². The number of hydrogen-bond acceptors (Lipinski definition) is 5. The van der Waals surface area contributed by atoms with E-state index in [0.717, 1.165) is 0 Å². The summed E-state index contributed by atoms with van der Waals surface area (Å²) in [6.07, 6.45) is -0.863. The number of hydrogen-bond donors (Lipinski definition) is 0. The maximum absolute atomic E-state index is 6.63. The summed E-state index contributed by atoms with van der Waals surface area (Å²) >= 11 is 0. The van der Waals surface area contributed by atoms with Crippen LogP contribution in [0.15, 0.2) is 0 Å². The van der Waals surface area contributed by atoms with E-state index in [4.69, 9.17) is 22.4 Å². The van der Waals surface area contributed by atoms with E-state index in [0.29, 0.717) is 6.61 Å². The Bertz CT molecular complexity index is 406. The summed E-state index contributed by atoms with van der Waals surface area (Å²) in [5.41, 5.74) is 0. The van der Waals surface area contributed by atoms with E-state index in [2.05, 4.69) is 78.6 Å². The monoisotopic (exact) mass is 438 g/mol. The predicted octanol–water partition coefficient (Wildman–Crippen LogP) is 4.85. The molecule has 0 amide bonds. The van der Waals surface area contributed by atoms with Gasteiger partial charge in [0.2, 0.25) is 0 Å². The van der Waals surface area contributed by atoms with Crippen molar-refractivity contribution in [1.29, 1.82) is 0 Å². The average Bonchev–Trinajstić information content (AvgIpc) is 2.30. The van der Waals surface area contributed by atoms with Crippen LogP contribution in [-0.2, 0) is 22.4 Å². The highest BCUT2D eigenvalue weighted by Gasteiger charge is 2.48. The maximum atomic E-state index is 6.63. The molecule has 156 valence electrons. The molecule has 1 aliphatic heterocycles. The third-order valence-electron chi connectivity index (χ3n) is 3.34. The smallest absolute Gasteiger partial charge is 0.187 e. The first-order chi connectivity index (χ1) is 11.4. The molecular weight excluding hydrogens is 397 g/mol. The Labute approximate surface area is 165 Å². The Balaban J connectivity index is 3.20. The summed E-state index contributed by atoms with van der Waals surface area (Å²) in [7, 11) is -7.14. The van der Waals surface area contributed by atoms with Crippen LogP contribution in [0.3, 0.4) is 0 Å². The van der Waals surface area contributed by atoms with Gasteiger partial charge in [0.25, 0.3) is 0 Å². The fourth-order valence-corrected chi connectivity index (χ4v) is 7.01. The van der Waals surface area contributed by atoms with Crippen molar-refractivity contribution in [2.45, 2.75) is 103 Å². The zero-order chi connectivity index (χ0) is 20.6. The molecule has 0 bridgehead atoms. The van der Waals surface area contributed by atoms with Crippen LogP contribution in [0, 0.1) is 0 Å². The van der Waals surface area contributed by atoms with Gasteiger partial charge < -0.3 is 22.4 Å². The second-order valence-electron chi connectivity index (χ2n) is 11.1. The lowest BCUT2D eigenvalue weighted by atomic mass is 10.1. The fourth-order valence-electron chi connectivity index (χ4n) is 2.83. The van der Waals surface area contributed by atoms with E-state index < -0.39 is 33.3 Å². The van der Waals surface area contributed by atoms with Gasteiger partial charge in [0.1, 0.15) is 12.2 Å². The molecule has 4 atom stereocenters. The largest absolute Gasteiger partial charge is 0.410 e. The van der Waals surface area contributed by atoms with Crippen LogP contribution in [-0.4, -0.2) is 64.5 Å². The van der Waals surface area contributed by atoms with Crippen molar-refractivity contribution in [1.82, 2.24) is 0 Å². The van der Waals surface area contributed by atoms with Crippen LogP contribution in [0.4, 0.5) is 0 Å². The average molecular weight is 439 g/mol. The number of ether oxygens (including phenoxy) is 1. The molecule has 5 nitrogen and oxygen atoms in total. The highest BCUT2D eigenvalue weighted by atomic mass is 28.4. The Morgan fingerprint density at radius 1 is 0.538 bits per heavy atom. The lowest BCUT2D eigenvalue weighted by molar-refractivity contribution is -0.232. The van der Waals surface area contributed by atoms with Crippen molar-refractivity contribution in [3.63, 3.8) is 0 Å². The van der Waals surface area contributed by atoms with E-state index in [9.17, 15) is 0 Å². The van der Waals surface area contributed by atoms with Gasteiger partial charge in [0.15, 0.2) is 39.6 Å². The minimum atomic E-state index is -1.82. The zero-order valence-electron chi connectivity index (χ0n) is 19.1. The van der Waals surface area contributed by atoms with Gasteiger partial charge in [-0.1, -0.05) is 0 Å². The third kappa shape index (κ3) is 9.74. The lowest BCUT2D eigenvalue weighted by Crippen LogP contribution is -2.63. The molecule has 0 N–H and O–H groups in total. The van der Waals surface area contributed by atoms with Crippen molar-refractivity contribution in [3.8, 4) is 0 Å². The molecule has 9 heteroatoms. The van der Waals surface area contributed by atoms with Crippen LogP contribution in [0.1, 0.15) is 0 Å². The molecular formula is C17H42O5Si4. The summed E-state index contributed by atoms with van der Waals surface area (Å²) in [4.78, 5) is 0. The van der Waals surface area contributed by atoms with E-state index in [1.165, 1.54) is 0 Å². The van der Waals surface area contributed by atoms with E-state index in [1.54, 1.807) is 0 Å². The van der Waals surface area contributed by atoms with Gasteiger partial charge in [-0.3, -0.25) is 0 Å². The van der Waals surface area contributed by atoms with Crippen LogP contribution in [0.25, 0.3) is 0 Å². The molecule has 0 spiro atoms. The molecule has 1 heterocycles. The molecule has 0 unspecified atom stereocenters. The van der Waals surface area contributed by atoms with E-state index >= 15 is 0 Å². The Hall–Kier alpha value is 0.668. The van der Waals surface area contributed by atoms with Crippen molar-refractivity contribution < 1.29 is 22.4 Å². The van der Waals surface area contributed by atoms with Gasteiger partial charge in [-0.25, -0.2) is 0 Å². The first kappa shape index (κ1) is 24.7. The highest BCUT2D eigenvalue weighted by molar-refractivity contribution is 6.71. The quantitative estimate of drug-likeness (QED) is 0.507. The van der Waals surface area contributed by atoms with Gasteiger partial charge in [0.05, 0.1) is 12.7 Å². The first-order valence-electron chi connectivity index (χ1n) is 9.69. The molecule has 1 fully saturated rings. The van der Waals surface area contributed by atoms with Crippen LogP contribution < -0.4 is 0 Å². The molecule has 0 saturated carbocycles. The normalized spacial score (nSPS) is 29.1. The van der Waals surface area contributed by atoms with Gasteiger partial charge in [0, 0.05) is 0 Å². The van der Waals surface area contributed by atoms with Crippen molar-refractivity contribution >= 4 is 33.3 Å². The van der Waals surface area contributed by atoms with Gasteiger partial charge in [-0.2, -0.15) is 0 Å². The second kappa shape index (κ2) is 8.58. The van der Waals surface area contributed by atoms with Crippen LogP contribution in [0.2, 0.25) is 78.6 Å². The number of rotatable bonds is 8. The third-order valence-corrected chi connectivity index (χ3v) is 7.24. The van der Waals surface area contributed by atoms with Crippen molar-refractivity contribution in [2.24, 2.45) is 0 Å². The maximum Gasteiger partial charge on any atom is 0.187 e. The molecule has 0 aromatic carbocycles. The van der Waals surface area contributed by atoms with Crippen molar-refractivity contribution in [2.75, 3.05) is 6.61 Å². The highest BCUT2D eigenvalue weighted by Crippen LogP contribution is 2.31. The summed E-state index contributed by atoms with van der Waals surface area (Å²) in [5, 5.41) is 0.